The van der Waals surface area contributed by atoms with E-state index in [4.69, 9.17) is 21.1 Å². The summed E-state index contributed by atoms with van der Waals surface area (Å²) in [5.41, 5.74) is 1.11. The zero-order valence-electron chi connectivity index (χ0n) is 18.9. The van der Waals surface area contributed by atoms with E-state index < -0.39 is 5.60 Å². The molecular weight excluding hydrogens is 502 g/mol. The Morgan fingerprint density at radius 3 is 2.00 bits per heavy atom. The number of aromatic nitrogens is 1. The highest BCUT2D eigenvalue weighted by Crippen LogP contribution is 2.40. The molecule has 6 heteroatoms. The fourth-order valence-electron chi connectivity index (χ4n) is 3.78. The van der Waals surface area contributed by atoms with Crippen molar-refractivity contribution in [1.29, 1.82) is 0 Å². The van der Waals surface area contributed by atoms with Crippen molar-refractivity contribution in [1.82, 2.24) is 4.98 Å². The van der Waals surface area contributed by atoms with Gasteiger partial charge < -0.3 is 14.6 Å². The molecule has 0 aliphatic heterocycles. The van der Waals surface area contributed by atoms with Crippen LogP contribution in [0.5, 0.6) is 11.6 Å². The van der Waals surface area contributed by atoms with Gasteiger partial charge in [-0.05, 0) is 89.8 Å². The van der Waals surface area contributed by atoms with Gasteiger partial charge in [0.1, 0.15) is 17.0 Å². The molecule has 0 aliphatic carbocycles. The van der Waals surface area contributed by atoms with Crippen LogP contribution in [0.4, 0.5) is 0 Å². The fourth-order valence-corrected chi connectivity index (χ4v) is 4.42. The average Bonchev–Trinajstić information content (AvgIpc) is 2.78. The van der Waals surface area contributed by atoms with Gasteiger partial charge >= 0.3 is 0 Å². The summed E-state index contributed by atoms with van der Waals surface area (Å²) in [6.07, 6.45) is 0. The maximum Gasteiger partial charge on any atom is 0.215 e. The molecule has 4 aromatic rings. The molecule has 0 aliphatic rings. The van der Waals surface area contributed by atoms with Crippen LogP contribution in [0.1, 0.15) is 37.5 Å². The van der Waals surface area contributed by atoms with Gasteiger partial charge in [-0.2, -0.15) is 0 Å². The summed E-state index contributed by atoms with van der Waals surface area (Å²) >= 11 is 9.79. The topological polar surface area (TPSA) is 51.6 Å². The smallest absolute Gasteiger partial charge is 0.215 e. The van der Waals surface area contributed by atoms with Crippen LogP contribution in [0.3, 0.4) is 0 Å². The second-order valence-electron chi connectivity index (χ2n) is 8.83. The third-order valence-corrected chi connectivity index (χ3v) is 6.24. The molecule has 1 aromatic heterocycles. The third kappa shape index (κ3) is 4.86. The van der Waals surface area contributed by atoms with Crippen LogP contribution in [0.2, 0.25) is 5.02 Å². The Bertz CT molecular complexity index is 1280. The van der Waals surface area contributed by atoms with E-state index >= 15 is 0 Å². The summed E-state index contributed by atoms with van der Waals surface area (Å²) in [5, 5.41) is 13.7. The molecule has 0 fully saturated rings. The van der Waals surface area contributed by atoms with Gasteiger partial charge in [-0.15, -0.1) is 0 Å². The summed E-state index contributed by atoms with van der Waals surface area (Å²) < 4.78 is 12.1. The first-order valence-electron chi connectivity index (χ1n) is 10.5. The molecule has 170 valence electrons. The monoisotopic (exact) mass is 525 g/mol. The quantitative estimate of drug-likeness (QED) is 0.281. The first-order chi connectivity index (χ1) is 15.6. The van der Waals surface area contributed by atoms with Crippen LogP contribution in [0.25, 0.3) is 10.9 Å². The van der Waals surface area contributed by atoms with Crippen LogP contribution in [-0.4, -0.2) is 22.8 Å². The lowest BCUT2D eigenvalue weighted by molar-refractivity contribution is 0.124. The standard InChI is InChI=1S/C27H25BrClNO3/c1-26(2,3)33-25-16-23(28)22-15-19(9-14-24(22)30-25)27(31,17-5-10-20(29)11-6-17)18-7-12-21(32-4)13-8-18/h5-16,31H,1-4H3. The highest BCUT2D eigenvalue weighted by atomic mass is 79.9. The van der Waals surface area contributed by atoms with Gasteiger partial charge in [0.05, 0.1) is 12.6 Å². The predicted molar refractivity (Wildman–Crippen MR) is 136 cm³/mol. The Morgan fingerprint density at radius 1 is 0.848 bits per heavy atom. The van der Waals surface area contributed by atoms with Gasteiger partial charge in [-0.25, -0.2) is 4.98 Å². The highest BCUT2D eigenvalue weighted by Gasteiger charge is 2.34. The van der Waals surface area contributed by atoms with E-state index in [0.717, 1.165) is 15.4 Å². The largest absolute Gasteiger partial charge is 0.497 e. The molecule has 1 heterocycles. The van der Waals surface area contributed by atoms with Crippen molar-refractivity contribution < 1.29 is 14.6 Å². The summed E-state index contributed by atoms with van der Waals surface area (Å²) in [4.78, 5) is 4.66. The second kappa shape index (κ2) is 8.98. The normalized spacial score (nSPS) is 13.5. The number of methoxy groups -OCH3 is 1. The SMILES string of the molecule is COc1ccc(C(O)(c2ccc(Cl)cc2)c2ccc3nc(OC(C)(C)C)cc(Br)c3c2)cc1. The Balaban J connectivity index is 1.89. The Hall–Kier alpha value is -2.60. The number of rotatable bonds is 5. The molecule has 4 nitrogen and oxygen atoms in total. The van der Waals surface area contributed by atoms with E-state index in [2.05, 4.69) is 20.9 Å². The lowest BCUT2D eigenvalue weighted by Gasteiger charge is -2.30. The van der Waals surface area contributed by atoms with Crippen molar-refractivity contribution >= 4 is 38.4 Å². The molecule has 1 N–H and O–H groups in total. The van der Waals surface area contributed by atoms with Crippen LogP contribution >= 0.6 is 27.5 Å². The minimum Gasteiger partial charge on any atom is -0.497 e. The first kappa shape index (κ1) is 23.6. The maximum absolute atomic E-state index is 12.2. The Labute approximate surface area is 207 Å². The molecule has 0 bridgehead atoms. The molecule has 4 rings (SSSR count). The number of nitrogens with zero attached hydrogens (tertiary/aromatic N) is 1. The summed E-state index contributed by atoms with van der Waals surface area (Å²) in [7, 11) is 1.62. The van der Waals surface area contributed by atoms with Gasteiger partial charge in [0.25, 0.3) is 0 Å². The minimum atomic E-state index is -1.41. The number of aliphatic hydroxyl groups is 1. The van der Waals surface area contributed by atoms with Crippen molar-refractivity contribution in [3.63, 3.8) is 0 Å². The van der Waals surface area contributed by atoms with Crippen molar-refractivity contribution in [3.05, 3.63) is 99.0 Å². The highest BCUT2D eigenvalue weighted by molar-refractivity contribution is 9.10. The van der Waals surface area contributed by atoms with Crippen molar-refractivity contribution in [2.45, 2.75) is 32.0 Å². The van der Waals surface area contributed by atoms with Crippen molar-refractivity contribution in [2.24, 2.45) is 0 Å². The van der Waals surface area contributed by atoms with Crippen LogP contribution < -0.4 is 9.47 Å². The van der Waals surface area contributed by atoms with Gasteiger partial charge in [0.2, 0.25) is 5.88 Å². The third-order valence-electron chi connectivity index (χ3n) is 5.33. The number of ether oxygens (including phenoxy) is 2. The van der Waals surface area contributed by atoms with Crippen LogP contribution in [0.15, 0.2) is 77.3 Å². The zero-order chi connectivity index (χ0) is 23.8. The van der Waals surface area contributed by atoms with Crippen LogP contribution in [0, 0.1) is 0 Å². The van der Waals surface area contributed by atoms with E-state index in [9.17, 15) is 5.11 Å². The maximum atomic E-state index is 12.2. The van der Waals surface area contributed by atoms with E-state index in [-0.39, 0.29) is 5.60 Å². The molecule has 0 saturated carbocycles. The van der Waals surface area contributed by atoms with E-state index in [0.29, 0.717) is 33.3 Å². The number of hydrogen-bond acceptors (Lipinski definition) is 4. The fraction of sp³-hybridized carbons (Fsp3) is 0.222. The number of fused-ring (bicyclic) bond motifs is 1. The van der Waals surface area contributed by atoms with Crippen molar-refractivity contribution in [3.8, 4) is 11.6 Å². The summed E-state index contributed by atoms with van der Waals surface area (Å²) in [6.45, 7) is 5.95. The molecule has 33 heavy (non-hydrogen) atoms. The van der Waals surface area contributed by atoms with E-state index in [1.54, 1.807) is 19.2 Å². The van der Waals surface area contributed by atoms with Crippen molar-refractivity contribution in [2.75, 3.05) is 7.11 Å². The number of benzene rings is 3. The number of pyridine rings is 1. The van der Waals surface area contributed by atoms with Crippen LogP contribution in [-0.2, 0) is 5.60 Å². The molecule has 0 saturated heterocycles. The van der Waals surface area contributed by atoms with Gasteiger partial charge in [-0.3, -0.25) is 0 Å². The number of hydrogen-bond donors (Lipinski definition) is 1. The van der Waals surface area contributed by atoms with E-state index in [1.807, 2.05) is 81.4 Å². The van der Waals surface area contributed by atoms with Gasteiger partial charge in [0, 0.05) is 20.9 Å². The lowest BCUT2D eigenvalue weighted by Crippen LogP contribution is -2.28. The second-order valence-corrected chi connectivity index (χ2v) is 10.1. The Kier molecular flexibility index (Phi) is 6.41. The molecule has 0 radical (unpaired) electrons. The molecular formula is C27H25BrClNO3. The molecule has 0 spiro atoms. The average molecular weight is 527 g/mol. The molecule has 1 atom stereocenters. The summed E-state index contributed by atoms with van der Waals surface area (Å²) in [6, 6.07) is 22.2. The summed E-state index contributed by atoms with van der Waals surface area (Å²) in [5.74, 6) is 1.26. The van der Waals surface area contributed by atoms with Gasteiger partial charge in [0.15, 0.2) is 0 Å². The van der Waals surface area contributed by atoms with E-state index in [1.165, 1.54) is 0 Å². The molecule has 1 unspecified atom stereocenters. The minimum absolute atomic E-state index is 0.358. The lowest BCUT2D eigenvalue weighted by atomic mass is 9.80. The van der Waals surface area contributed by atoms with Gasteiger partial charge in [-0.1, -0.05) is 41.9 Å². The molecule has 0 amide bonds. The first-order valence-corrected chi connectivity index (χ1v) is 11.7. The predicted octanol–water partition coefficient (Wildman–Crippen LogP) is 7.12. The molecule has 3 aromatic carbocycles. The zero-order valence-corrected chi connectivity index (χ0v) is 21.2. The Morgan fingerprint density at radius 2 is 1.42 bits per heavy atom. The number of halogens is 2.